The molecule has 0 spiro atoms. The zero-order valence-electron chi connectivity index (χ0n) is 11.6. The second-order valence-electron chi connectivity index (χ2n) is 4.41. The Labute approximate surface area is 131 Å². The maximum atomic E-state index is 12.1. The summed E-state index contributed by atoms with van der Waals surface area (Å²) >= 11 is 5.85. The molecule has 2 aromatic carbocycles. The van der Waals surface area contributed by atoms with Gasteiger partial charge in [-0.1, -0.05) is 11.6 Å². The number of esters is 1. The third kappa shape index (κ3) is 3.29. The molecule has 6 nitrogen and oxygen atoms in total. The zero-order chi connectivity index (χ0) is 16.3. The van der Waals surface area contributed by atoms with E-state index in [9.17, 15) is 14.7 Å². The Morgan fingerprint density at radius 1 is 1.18 bits per heavy atom. The number of phenolic OH excluding ortho intramolecular Hbond substituents is 1. The fourth-order valence-electron chi connectivity index (χ4n) is 1.75. The van der Waals surface area contributed by atoms with Crippen molar-refractivity contribution in [1.29, 1.82) is 0 Å². The SMILES string of the molecule is COC(=O)c1ccc(C(=O)Nc2cc(Cl)c(N)cc2O)cc1. The van der Waals surface area contributed by atoms with Crippen LogP contribution in [0.4, 0.5) is 11.4 Å². The van der Waals surface area contributed by atoms with E-state index in [1.54, 1.807) is 0 Å². The standard InChI is InChI=1S/C15H13ClN2O4/c1-22-15(21)9-4-2-8(3-5-9)14(20)18-12-6-10(16)11(17)7-13(12)19/h2-7,19H,17H2,1H3,(H,18,20). The number of benzene rings is 2. The molecule has 114 valence electrons. The first-order chi connectivity index (χ1) is 10.4. The molecule has 0 heterocycles. The minimum atomic E-state index is -0.491. The number of nitrogens with two attached hydrogens (primary N) is 1. The van der Waals surface area contributed by atoms with Gasteiger partial charge >= 0.3 is 5.97 Å². The minimum absolute atomic E-state index is 0.140. The van der Waals surface area contributed by atoms with Gasteiger partial charge in [0.05, 0.1) is 29.1 Å². The molecule has 2 aromatic rings. The first kappa shape index (κ1) is 15.7. The number of nitrogens with one attached hydrogen (secondary N) is 1. The van der Waals surface area contributed by atoms with Gasteiger partial charge in [0.2, 0.25) is 0 Å². The number of phenols is 1. The van der Waals surface area contributed by atoms with E-state index >= 15 is 0 Å². The Kier molecular flexibility index (Phi) is 4.53. The highest BCUT2D eigenvalue weighted by atomic mass is 35.5. The molecular weight excluding hydrogens is 308 g/mol. The van der Waals surface area contributed by atoms with Crippen molar-refractivity contribution in [2.24, 2.45) is 0 Å². The molecule has 0 radical (unpaired) electrons. The van der Waals surface area contributed by atoms with Crippen molar-refractivity contribution in [3.63, 3.8) is 0 Å². The smallest absolute Gasteiger partial charge is 0.337 e. The summed E-state index contributed by atoms with van der Waals surface area (Å²) in [5, 5.41) is 12.5. The molecule has 0 aliphatic rings. The molecule has 0 aliphatic heterocycles. The lowest BCUT2D eigenvalue weighted by molar-refractivity contribution is 0.0600. The quantitative estimate of drug-likeness (QED) is 0.458. The highest BCUT2D eigenvalue weighted by Gasteiger charge is 2.12. The number of ether oxygens (including phenoxy) is 1. The van der Waals surface area contributed by atoms with E-state index in [1.165, 1.54) is 43.5 Å². The van der Waals surface area contributed by atoms with Gasteiger partial charge in [-0.25, -0.2) is 4.79 Å². The molecule has 0 aliphatic carbocycles. The number of methoxy groups -OCH3 is 1. The molecule has 4 N–H and O–H groups in total. The highest BCUT2D eigenvalue weighted by molar-refractivity contribution is 6.33. The number of carbonyl (C=O) groups excluding carboxylic acids is 2. The summed E-state index contributed by atoms with van der Waals surface area (Å²) in [6, 6.07) is 8.48. The molecule has 0 unspecified atom stereocenters. The summed E-state index contributed by atoms with van der Waals surface area (Å²) in [5.74, 6) is -1.15. The highest BCUT2D eigenvalue weighted by Crippen LogP contribution is 2.32. The van der Waals surface area contributed by atoms with Crippen LogP contribution in [-0.2, 0) is 4.74 Å². The Balaban J connectivity index is 2.19. The predicted molar refractivity (Wildman–Crippen MR) is 83.3 cm³/mol. The molecule has 7 heteroatoms. The largest absolute Gasteiger partial charge is 0.506 e. The Bertz CT molecular complexity index is 729. The van der Waals surface area contributed by atoms with E-state index in [4.69, 9.17) is 17.3 Å². The Morgan fingerprint density at radius 3 is 2.36 bits per heavy atom. The molecule has 1 amide bonds. The molecule has 2 rings (SSSR count). The lowest BCUT2D eigenvalue weighted by Crippen LogP contribution is -2.12. The van der Waals surface area contributed by atoms with Crippen LogP contribution in [0.1, 0.15) is 20.7 Å². The maximum Gasteiger partial charge on any atom is 0.337 e. The molecule has 0 saturated heterocycles. The number of carbonyl (C=O) groups is 2. The van der Waals surface area contributed by atoms with Crippen LogP contribution < -0.4 is 11.1 Å². The van der Waals surface area contributed by atoms with Gasteiger partial charge in [0.25, 0.3) is 5.91 Å². The molecule has 0 saturated carbocycles. The number of hydrogen-bond acceptors (Lipinski definition) is 5. The van der Waals surface area contributed by atoms with E-state index in [2.05, 4.69) is 10.1 Å². The van der Waals surface area contributed by atoms with Crippen LogP contribution in [-0.4, -0.2) is 24.1 Å². The minimum Gasteiger partial charge on any atom is -0.506 e. The summed E-state index contributed by atoms with van der Waals surface area (Å²) in [7, 11) is 1.27. The number of amides is 1. The second kappa shape index (κ2) is 6.36. The average Bonchev–Trinajstić information content (AvgIpc) is 2.52. The van der Waals surface area contributed by atoms with Crippen molar-refractivity contribution < 1.29 is 19.4 Å². The van der Waals surface area contributed by atoms with Crippen LogP contribution in [0.5, 0.6) is 5.75 Å². The van der Waals surface area contributed by atoms with Crippen LogP contribution in [0.25, 0.3) is 0 Å². The predicted octanol–water partition coefficient (Wildman–Crippen LogP) is 2.67. The number of anilines is 2. The summed E-state index contributed by atoms with van der Waals surface area (Å²) in [5.41, 5.74) is 6.53. The van der Waals surface area contributed by atoms with Crippen LogP contribution in [0.15, 0.2) is 36.4 Å². The van der Waals surface area contributed by atoms with Gasteiger partial charge < -0.3 is 20.9 Å². The fourth-order valence-corrected chi connectivity index (χ4v) is 1.91. The topological polar surface area (TPSA) is 102 Å². The maximum absolute atomic E-state index is 12.1. The Morgan fingerprint density at radius 2 is 1.77 bits per heavy atom. The van der Waals surface area contributed by atoms with E-state index < -0.39 is 11.9 Å². The third-order valence-corrected chi connectivity index (χ3v) is 3.26. The zero-order valence-corrected chi connectivity index (χ0v) is 12.3. The molecular formula is C15H13ClN2O4. The molecule has 22 heavy (non-hydrogen) atoms. The van der Waals surface area contributed by atoms with Crippen molar-refractivity contribution in [2.75, 3.05) is 18.2 Å². The van der Waals surface area contributed by atoms with Crippen LogP contribution in [0.2, 0.25) is 5.02 Å². The molecule has 0 fully saturated rings. The van der Waals surface area contributed by atoms with Gasteiger partial charge in [-0.3, -0.25) is 4.79 Å². The van der Waals surface area contributed by atoms with E-state index in [0.29, 0.717) is 11.1 Å². The van der Waals surface area contributed by atoms with Crippen LogP contribution in [0, 0.1) is 0 Å². The number of hydrogen-bond donors (Lipinski definition) is 3. The van der Waals surface area contributed by atoms with Crippen LogP contribution in [0.3, 0.4) is 0 Å². The first-order valence-corrected chi connectivity index (χ1v) is 6.58. The van der Waals surface area contributed by atoms with Crippen molar-refractivity contribution in [3.8, 4) is 5.75 Å². The molecule has 0 bridgehead atoms. The van der Waals surface area contributed by atoms with Gasteiger partial charge in [-0.2, -0.15) is 0 Å². The average molecular weight is 321 g/mol. The van der Waals surface area contributed by atoms with Crippen molar-refractivity contribution >= 4 is 34.9 Å². The molecule has 0 atom stereocenters. The van der Waals surface area contributed by atoms with Gasteiger partial charge in [0.1, 0.15) is 5.75 Å². The second-order valence-corrected chi connectivity index (χ2v) is 4.82. The number of halogens is 1. The van der Waals surface area contributed by atoms with E-state index in [1.807, 2.05) is 0 Å². The van der Waals surface area contributed by atoms with Gasteiger partial charge in [-0.05, 0) is 30.3 Å². The lowest BCUT2D eigenvalue weighted by Gasteiger charge is -2.09. The molecule has 0 aromatic heterocycles. The normalized spacial score (nSPS) is 10.1. The van der Waals surface area contributed by atoms with E-state index in [-0.39, 0.29) is 22.1 Å². The third-order valence-electron chi connectivity index (χ3n) is 2.93. The van der Waals surface area contributed by atoms with Gasteiger partial charge in [0.15, 0.2) is 0 Å². The summed E-state index contributed by atoms with van der Waals surface area (Å²) < 4.78 is 4.57. The first-order valence-electron chi connectivity index (χ1n) is 6.20. The number of rotatable bonds is 3. The number of nitrogen functional groups attached to an aromatic ring is 1. The monoisotopic (exact) mass is 320 g/mol. The summed E-state index contributed by atoms with van der Waals surface area (Å²) in [6.07, 6.45) is 0. The van der Waals surface area contributed by atoms with Gasteiger partial charge in [-0.15, -0.1) is 0 Å². The Hall–Kier alpha value is -2.73. The van der Waals surface area contributed by atoms with Crippen molar-refractivity contribution in [2.45, 2.75) is 0 Å². The summed E-state index contributed by atoms with van der Waals surface area (Å²) in [6.45, 7) is 0. The van der Waals surface area contributed by atoms with E-state index in [0.717, 1.165) is 0 Å². The number of aromatic hydroxyl groups is 1. The van der Waals surface area contributed by atoms with Crippen molar-refractivity contribution in [3.05, 3.63) is 52.5 Å². The van der Waals surface area contributed by atoms with Crippen LogP contribution >= 0.6 is 11.6 Å². The lowest BCUT2D eigenvalue weighted by atomic mass is 10.1. The van der Waals surface area contributed by atoms with Gasteiger partial charge in [0, 0.05) is 11.6 Å². The van der Waals surface area contributed by atoms with Crippen molar-refractivity contribution in [1.82, 2.24) is 0 Å². The summed E-state index contributed by atoms with van der Waals surface area (Å²) in [4.78, 5) is 23.4. The fraction of sp³-hybridized carbons (Fsp3) is 0.0667.